The third-order valence-corrected chi connectivity index (χ3v) is 9.92. The van der Waals surface area contributed by atoms with E-state index in [1.165, 1.54) is 33.0 Å². The van der Waals surface area contributed by atoms with Gasteiger partial charge in [0.2, 0.25) is 6.29 Å². The first kappa shape index (κ1) is 28.4. The molecule has 4 heteroatoms. The zero-order chi connectivity index (χ0) is 33.0. The third-order valence-electron chi connectivity index (χ3n) is 9.92. The summed E-state index contributed by atoms with van der Waals surface area (Å²) in [5, 5.41) is 8.39. The predicted molar refractivity (Wildman–Crippen MR) is 208 cm³/mol. The van der Waals surface area contributed by atoms with Gasteiger partial charge in [0.05, 0.1) is 11.0 Å². The van der Waals surface area contributed by atoms with E-state index in [9.17, 15) is 0 Å². The summed E-state index contributed by atoms with van der Waals surface area (Å²) in [6.45, 7) is 0. The molecule has 9 aromatic rings. The molecule has 0 bridgehead atoms. The SMILES string of the molecule is C1=NC(n2c3ccccc3c3cc(-c4cccc5c4oc4ccccc45)ccc32)NC(c2ccc(-c3cccc(-c4ccccc4)c3)cc2)=C1. The number of rotatable bonds is 5. The Morgan fingerprint density at radius 1 is 0.480 bits per heavy atom. The highest BCUT2D eigenvalue weighted by Crippen LogP contribution is 2.39. The van der Waals surface area contributed by atoms with E-state index >= 15 is 0 Å². The van der Waals surface area contributed by atoms with Crippen LogP contribution in [0.4, 0.5) is 0 Å². The van der Waals surface area contributed by atoms with Gasteiger partial charge in [-0.05, 0) is 69.8 Å². The molecule has 7 aromatic carbocycles. The Bertz CT molecular complexity index is 2780. The smallest absolute Gasteiger partial charge is 0.200 e. The highest BCUT2D eigenvalue weighted by atomic mass is 16.3. The van der Waals surface area contributed by atoms with Crippen LogP contribution in [0.15, 0.2) is 179 Å². The first-order chi connectivity index (χ1) is 24.8. The number of allylic oxidation sites excluding steroid dienone is 1. The number of nitrogens with one attached hydrogen (secondary N) is 1. The third kappa shape index (κ3) is 4.65. The van der Waals surface area contributed by atoms with Crippen molar-refractivity contribution in [1.29, 1.82) is 0 Å². The van der Waals surface area contributed by atoms with E-state index in [-0.39, 0.29) is 6.29 Å². The summed E-state index contributed by atoms with van der Waals surface area (Å²) < 4.78 is 8.72. The molecule has 4 nitrogen and oxygen atoms in total. The van der Waals surface area contributed by atoms with Gasteiger partial charge in [-0.3, -0.25) is 0 Å². The number of aromatic nitrogens is 1. The Balaban J connectivity index is 0.990. The van der Waals surface area contributed by atoms with Gasteiger partial charge >= 0.3 is 0 Å². The zero-order valence-corrected chi connectivity index (χ0v) is 27.1. The molecule has 236 valence electrons. The summed E-state index contributed by atoms with van der Waals surface area (Å²) in [7, 11) is 0. The van der Waals surface area contributed by atoms with E-state index in [2.05, 4.69) is 168 Å². The first-order valence-electron chi connectivity index (χ1n) is 17.0. The van der Waals surface area contributed by atoms with Gasteiger partial charge < -0.3 is 14.3 Å². The maximum Gasteiger partial charge on any atom is 0.200 e. The number of fused-ring (bicyclic) bond motifs is 6. The van der Waals surface area contributed by atoms with Gasteiger partial charge in [0, 0.05) is 39.0 Å². The number of aliphatic imine (C=N–C) groups is 1. The molecule has 1 N–H and O–H groups in total. The Morgan fingerprint density at radius 3 is 1.98 bits per heavy atom. The molecule has 1 aliphatic heterocycles. The van der Waals surface area contributed by atoms with Crippen molar-refractivity contribution in [3.05, 3.63) is 175 Å². The van der Waals surface area contributed by atoms with Gasteiger partial charge in [-0.1, -0.05) is 133 Å². The second kappa shape index (κ2) is 11.5. The van der Waals surface area contributed by atoms with Crippen LogP contribution >= 0.6 is 0 Å². The van der Waals surface area contributed by atoms with Gasteiger partial charge in [0.15, 0.2) is 0 Å². The van der Waals surface area contributed by atoms with E-state index in [1.54, 1.807) is 0 Å². The molecule has 3 heterocycles. The molecule has 1 aliphatic rings. The van der Waals surface area contributed by atoms with Crippen molar-refractivity contribution in [3.63, 3.8) is 0 Å². The number of benzene rings is 7. The molecule has 0 fully saturated rings. The van der Waals surface area contributed by atoms with Crippen molar-refractivity contribution in [3.8, 4) is 33.4 Å². The molecule has 50 heavy (non-hydrogen) atoms. The maximum absolute atomic E-state index is 6.41. The number of hydrogen-bond donors (Lipinski definition) is 1. The minimum absolute atomic E-state index is 0.302. The van der Waals surface area contributed by atoms with Gasteiger partial charge in [-0.25, -0.2) is 4.99 Å². The summed E-state index contributed by atoms with van der Waals surface area (Å²) in [5.41, 5.74) is 13.3. The van der Waals surface area contributed by atoms with Crippen molar-refractivity contribution in [1.82, 2.24) is 9.88 Å². The molecule has 0 aliphatic carbocycles. The molecule has 0 amide bonds. The van der Waals surface area contributed by atoms with Gasteiger partial charge in [-0.2, -0.15) is 0 Å². The van der Waals surface area contributed by atoms with E-state index in [4.69, 9.17) is 9.41 Å². The average molecular weight is 642 g/mol. The van der Waals surface area contributed by atoms with E-state index < -0.39 is 0 Å². The monoisotopic (exact) mass is 641 g/mol. The van der Waals surface area contributed by atoms with Crippen molar-refractivity contribution >= 4 is 55.7 Å². The van der Waals surface area contributed by atoms with Crippen LogP contribution in [0.25, 0.3) is 82.8 Å². The molecular formula is C46H31N3O. The predicted octanol–water partition coefficient (Wildman–Crippen LogP) is 11.9. The lowest BCUT2D eigenvalue weighted by molar-refractivity contribution is 0.510. The summed E-state index contributed by atoms with van der Waals surface area (Å²) in [6, 6.07) is 58.0. The van der Waals surface area contributed by atoms with Crippen molar-refractivity contribution in [2.75, 3.05) is 0 Å². The van der Waals surface area contributed by atoms with Crippen LogP contribution in [0.2, 0.25) is 0 Å². The molecule has 1 atom stereocenters. The minimum atomic E-state index is -0.302. The van der Waals surface area contributed by atoms with Crippen LogP contribution in [-0.2, 0) is 0 Å². The largest absolute Gasteiger partial charge is 0.455 e. The normalized spacial score (nSPS) is 14.4. The number of furan rings is 1. The van der Waals surface area contributed by atoms with Crippen molar-refractivity contribution in [2.24, 2.45) is 4.99 Å². The zero-order valence-electron chi connectivity index (χ0n) is 27.1. The summed E-state index contributed by atoms with van der Waals surface area (Å²) in [6.07, 6.45) is 3.68. The molecule has 0 spiro atoms. The lowest BCUT2D eigenvalue weighted by atomic mass is 9.98. The Kier molecular flexibility index (Phi) is 6.53. The topological polar surface area (TPSA) is 42.5 Å². The van der Waals surface area contributed by atoms with Gasteiger partial charge in [-0.15, -0.1) is 0 Å². The quantitative estimate of drug-likeness (QED) is 0.203. The van der Waals surface area contributed by atoms with Crippen LogP contribution in [0.5, 0.6) is 0 Å². The van der Waals surface area contributed by atoms with Crippen LogP contribution in [0, 0.1) is 0 Å². The Hall–Kier alpha value is -6.65. The number of hydrogen-bond acceptors (Lipinski definition) is 3. The van der Waals surface area contributed by atoms with E-state index in [0.29, 0.717) is 0 Å². The molecular weight excluding hydrogens is 611 g/mol. The Morgan fingerprint density at radius 2 is 1.12 bits per heavy atom. The Labute approximate surface area is 289 Å². The second-order valence-electron chi connectivity index (χ2n) is 12.8. The van der Waals surface area contributed by atoms with Gasteiger partial charge in [0.1, 0.15) is 11.2 Å². The molecule has 0 saturated carbocycles. The first-order valence-corrected chi connectivity index (χ1v) is 17.0. The maximum atomic E-state index is 6.41. The number of nitrogens with zero attached hydrogens (tertiary/aromatic N) is 2. The fourth-order valence-corrected chi connectivity index (χ4v) is 7.49. The van der Waals surface area contributed by atoms with Crippen molar-refractivity contribution in [2.45, 2.75) is 6.29 Å². The van der Waals surface area contributed by atoms with E-state index in [1.807, 2.05) is 18.3 Å². The minimum Gasteiger partial charge on any atom is -0.455 e. The lowest BCUT2D eigenvalue weighted by Gasteiger charge is -2.24. The van der Waals surface area contributed by atoms with Gasteiger partial charge in [0.25, 0.3) is 0 Å². The molecule has 10 rings (SSSR count). The van der Waals surface area contributed by atoms with Crippen LogP contribution in [0.1, 0.15) is 11.9 Å². The second-order valence-corrected chi connectivity index (χ2v) is 12.8. The molecule has 0 saturated heterocycles. The fraction of sp³-hybridized carbons (Fsp3) is 0.0217. The number of para-hydroxylation sites is 3. The fourth-order valence-electron chi connectivity index (χ4n) is 7.49. The summed E-state index contributed by atoms with van der Waals surface area (Å²) in [5.74, 6) is 0. The summed E-state index contributed by atoms with van der Waals surface area (Å²) in [4.78, 5) is 4.93. The van der Waals surface area contributed by atoms with Crippen LogP contribution in [0.3, 0.4) is 0 Å². The highest BCUT2D eigenvalue weighted by molar-refractivity contribution is 6.12. The molecule has 2 aromatic heterocycles. The molecule has 0 radical (unpaired) electrons. The molecule has 1 unspecified atom stereocenters. The highest BCUT2D eigenvalue weighted by Gasteiger charge is 2.21. The van der Waals surface area contributed by atoms with Crippen molar-refractivity contribution < 1.29 is 4.42 Å². The van der Waals surface area contributed by atoms with Crippen LogP contribution in [-0.4, -0.2) is 10.8 Å². The van der Waals surface area contributed by atoms with Crippen LogP contribution < -0.4 is 5.32 Å². The standard InChI is InChI=1S/C46H31N3O/c1-2-10-30(11-3-1)33-12-8-13-34(28-33)31-20-22-32(23-21-31)41-26-27-47-46(48-41)49-42-18-6-4-14-37(42)40-29-35(24-25-43(40)49)36-16-9-17-39-38-15-5-7-19-44(38)50-45(36)39/h1-29,46,48H. The summed E-state index contributed by atoms with van der Waals surface area (Å²) >= 11 is 0. The lowest BCUT2D eigenvalue weighted by Crippen LogP contribution is -2.26. The van der Waals surface area contributed by atoms with E-state index in [0.717, 1.165) is 55.4 Å². The average Bonchev–Trinajstić information content (AvgIpc) is 3.74.